The maximum atomic E-state index is 12.8. The molecule has 1 atom stereocenters. The number of hydroxylamine groups is 1. The molecule has 5 nitrogen and oxygen atoms in total. The van der Waals surface area contributed by atoms with E-state index in [2.05, 4.69) is 20.4 Å². The van der Waals surface area contributed by atoms with E-state index in [1.54, 1.807) is 0 Å². The highest BCUT2D eigenvalue weighted by Crippen LogP contribution is 2.43. The van der Waals surface area contributed by atoms with Crippen LogP contribution in [-0.4, -0.2) is 41.0 Å². The Bertz CT molecular complexity index is 888. The van der Waals surface area contributed by atoms with Gasteiger partial charge in [0, 0.05) is 13.0 Å². The summed E-state index contributed by atoms with van der Waals surface area (Å²) in [5, 5.41) is 0.448. The van der Waals surface area contributed by atoms with E-state index in [1.165, 1.54) is 17.4 Å². The number of hydrogen-bond donors (Lipinski definition) is 1. The molecule has 2 aromatic rings. The minimum atomic E-state index is -4.37. The molecule has 2 bridgehead atoms. The Hall–Kier alpha value is -1.71. The van der Waals surface area contributed by atoms with E-state index in [-0.39, 0.29) is 5.60 Å². The largest absolute Gasteiger partial charge is 0.416 e. The predicted octanol–water partition coefficient (Wildman–Crippen LogP) is 3.73. The molecule has 4 fully saturated rings. The van der Waals surface area contributed by atoms with E-state index in [4.69, 9.17) is 4.84 Å². The van der Waals surface area contributed by atoms with Gasteiger partial charge in [0.2, 0.25) is 5.13 Å². The van der Waals surface area contributed by atoms with Gasteiger partial charge in [0.05, 0.1) is 15.8 Å². The average molecular weight is 382 g/mol. The zero-order valence-corrected chi connectivity index (χ0v) is 14.7. The summed E-state index contributed by atoms with van der Waals surface area (Å²) >= 11 is 1.28. The van der Waals surface area contributed by atoms with Crippen LogP contribution in [0.25, 0.3) is 10.2 Å². The van der Waals surface area contributed by atoms with Crippen molar-refractivity contribution in [3.63, 3.8) is 0 Å². The topological polar surface area (TPSA) is 49.8 Å². The molecule has 9 heteroatoms. The lowest BCUT2D eigenvalue weighted by Crippen LogP contribution is -2.59. The third kappa shape index (κ3) is 2.69. The fraction of sp³-hybridized carbons (Fsp3) is 0.529. The quantitative estimate of drug-likeness (QED) is 0.817. The second-order valence-corrected chi connectivity index (χ2v) is 8.24. The lowest BCUT2D eigenvalue weighted by atomic mass is 9.74. The van der Waals surface area contributed by atoms with Crippen LogP contribution in [0.1, 0.15) is 24.8 Å². The molecule has 0 amide bonds. The SMILES string of the molecule is FC(F)(F)c1ccc2sc(/N=C3/CC4(CN5CCC4CC5)ON3)nc2c1. The Morgan fingerprint density at radius 2 is 2.12 bits per heavy atom. The number of hydrogen-bond acceptors (Lipinski definition) is 5. The normalized spacial score (nSPS) is 32.7. The summed E-state index contributed by atoms with van der Waals surface area (Å²) in [5.74, 6) is 1.23. The van der Waals surface area contributed by atoms with Crippen LogP contribution >= 0.6 is 11.3 Å². The number of rotatable bonds is 1. The van der Waals surface area contributed by atoms with Crippen molar-refractivity contribution in [2.75, 3.05) is 19.6 Å². The highest BCUT2D eigenvalue weighted by molar-refractivity contribution is 7.22. The van der Waals surface area contributed by atoms with Crippen molar-refractivity contribution in [1.29, 1.82) is 0 Å². The molecule has 1 N–H and O–H groups in total. The number of thiazole rings is 1. The number of halogens is 3. The molecule has 0 radical (unpaired) electrons. The second kappa shape index (κ2) is 5.64. The molecular weight excluding hydrogens is 365 g/mol. The lowest BCUT2D eigenvalue weighted by molar-refractivity contribution is -0.150. The minimum absolute atomic E-state index is 0.227. The maximum absolute atomic E-state index is 12.8. The number of fused-ring (bicyclic) bond motifs is 3. The summed E-state index contributed by atoms with van der Waals surface area (Å²) in [6.07, 6.45) is -1.41. The third-order valence-electron chi connectivity index (χ3n) is 5.60. The van der Waals surface area contributed by atoms with Crippen LogP contribution in [0.3, 0.4) is 0 Å². The van der Waals surface area contributed by atoms with Crippen molar-refractivity contribution >= 4 is 32.5 Å². The van der Waals surface area contributed by atoms with Gasteiger partial charge < -0.3 is 4.90 Å². The summed E-state index contributed by atoms with van der Waals surface area (Å²) in [6, 6.07) is 3.60. The zero-order valence-electron chi connectivity index (χ0n) is 13.8. The van der Waals surface area contributed by atoms with Crippen LogP contribution in [0.15, 0.2) is 23.2 Å². The van der Waals surface area contributed by atoms with Crippen LogP contribution < -0.4 is 5.48 Å². The molecule has 4 aliphatic heterocycles. The zero-order chi connectivity index (χ0) is 17.9. The van der Waals surface area contributed by atoms with E-state index < -0.39 is 11.7 Å². The summed E-state index contributed by atoms with van der Waals surface area (Å²) < 4.78 is 39.2. The molecule has 1 aromatic carbocycles. The molecule has 0 saturated carbocycles. The van der Waals surface area contributed by atoms with Crippen LogP contribution in [0.5, 0.6) is 0 Å². The van der Waals surface area contributed by atoms with Crippen molar-refractivity contribution in [3.8, 4) is 0 Å². The molecular formula is C17H17F3N4OS. The van der Waals surface area contributed by atoms with Gasteiger partial charge in [0.25, 0.3) is 0 Å². The van der Waals surface area contributed by atoms with Gasteiger partial charge in [-0.1, -0.05) is 11.3 Å². The van der Waals surface area contributed by atoms with Crippen LogP contribution in [0.4, 0.5) is 18.3 Å². The summed E-state index contributed by atoms with van der Waals surface area (Å²) in [6.45, 7) is 3.15. The number of piperidine rings is 3. The molecule has 0 aliphatic carbocycles. The van der Waals surface area contributed by atoms with Gasteiger partial charge in [-0.2, -0.15) is 13.2 Å². The summed E-state index contributed by atoms with van der Waals surface area (Å²) in [5.41, 5.74) is 2.34. The van der Waals surface area contributed by atoms with Crippen LogP contribution in [0.2, 0.25) is 0 Å². The first kappa shape index (κ1) is 16.5. The van der Waals surface area contributed by atoms with Crippen molar-refractivity contribution in [2.45, 2.75) is 31.0 Å². The van der Waals surface area contributed by atoms with Crippen molar-refractivity contribution < 1.29 is 18.0 Å². The summed E-state index contributed by atoms with van der Waals surface area (Å²) in [4.78, 5) is 17.1. The van der Waals surface area contributed by atoms with E-state index in [9.17, 15) is 13.2 Å². The number of benzene rings is 1. The van der Waals surface area contributed by atoms with Crippen molar-refractivity contribution in [3.05, 3.63) is 23.8 Å². The average Bonchev–Trinajstić information content (AvgIpc) is 3.18. The molecule has 5 heterocycles. The van der Waals surface area contributed by atoms with Crippen LogP contribution in [-0.2, 0) is 11.0 Å². The van der Waals surface area contributed by atoms with Gasteiger partial charge in [-0.3, -0.25) is 10.3 Å². The number of aromatic nitrogens is 1. The number of alkyl halides is 3. The Labute approximate surface area is 151 Å². The molecule has 138 valence electrons. The van der Waals surface area contributed by atoms with Crippen molar-refractivity contribution in [1.82, 2.24) is 15.4 Å². The Balaban J connectivity index is 1.41. The molecule has 1 aromatic heterocycles. The maximum Gasteiger partial charge on any atom is 0.416 e. The first-order valence-electron chi connectivity index (χ1n) is 8.63. The molecule has 4 saturated heterocycles. The molecule has 26 heavy (non-hydrogen) atoms. The van der Waals surface area contributed by atoms with Gasteiger partial charge in [-0.05, 0) is 50.0 Å². The Morgan fingerprint density at radius 1 is 1.31 bits per heavy atom. The third-order valence-corrected chi connectivity index (χ3v) is 6.53. The Morgan fingerprint density at radius 3 is 2.81 bits per heavy atom. The van der Waals surface area contributed by atoms with E-state index in [0.717, 1.165) is 44.6 Å². The van der Waals surface area contributed by atoms with E-state index >= 15 is 0 Å². The van der Waals surface area contributed by atoms with Gasteiger partial charge in [-0.15, -0.1) is 0 Å². The van der Waals surface area contributed by atoms with Gasteiger partial charge in [0.1, 0.15) is 11.4 Å². The first-order valence-corrected chi connectivity index (χ1v) is 9.45. The number of nitrogens with one attached hydrogen (secondary N) is 1. The predicted molar refractivity (Wildman–Crippen MR) is 92.4 cm³/mol. The highest BCUT2D eigenvalue weighted by Gasteiger charge is 2.52. The standard InChI is InChI=1S/C17H17F3N4OS/c18-17(19,20)11-1-2-13-12(7-11)21-15(26-13)22-14-8-16(25-23-14)9-24-5-3-10(16)4-6-24/h1-2,7,10H,3-6,8-9H2,(H,21,22,23). The van der Waals surface area contributed by atoms with Crippen molar-refractivity contribution in [2.24, 2.45) is 10.9 Å². The smallest absolute Gasteiger partial charge is 0.300 e. The number of aliphatic imine (C=N–C) groups is 1. The molecule has 1 unspecified atom stereocenters. The van der Waals surface area contributed by atoms with Gasteiger partial charge in [-0.25, -0.2) is 9.98 Å². The molecule has 4 aliphatic rings. The fourth-order valence-electron chi connectivity index (χ4n) is 4.27. The fourth-order valence-corrected chi connectivity index (χ4v) is 5.12. The number of nitrogens with zero attached hydrogens (tertiary/aromatic N) is 3. The monoisotopic (exact) mass is 382 g/mol. The first-order chi connectivity index (χ1) is 12.4. The second-order valence-electron chi connectivity index (χ2n) is 7.23. The molecule has 6 rings (SSSR count). The molecule has 1 spiro atoms. The summed E-state index contributed by atoms with van der Waals surface area (Å²) in [7, 11) is 0. The number of amidine groups is 1. The Kier molecular flexibility index (Phi) is 3.57. The van der Waals surface area contributed by atoms with E-state index in [0.29, 0.717) is 33.5 Å². The van der Waals surface area contributed by atoms with Gasteiger partial charge in [0.15, 0.2) is 0 Å². The van der Waals surface area contributed by atoms with E-state index in [1.807, 2.05) is 0 Å². The van der Waals surface area contributed by atoms with Crippen LogP contribution in [0, 0.1) is 5.92 Å². The van der Waals surface area contributed by atoms with Gasteiger partial charge >= 0.3 is 6.18 Å². The minimum Gasteiger partial charge on any atom is -0.300 e. The highest BCUT2D eigenvalue weighted by atomic mass is 32.1. The lowest BCUT2D eigenvalue weighted by Gasteiger charge is -2.49.